The number of hydrogen-bond acceptors (Lipinski definition) is 4. The normalized spacial score (nSPS) is 23.3. The molecule has 1 unspecified atom stereocenters. The van der Waals surface area contributed by atoms with E-state index in [4.69, 9.17) is 14.6 Å². The second kappa shape index (κ2) is 7.53. The zero-order chi connectivity index (χ0) is 19.7. The molecule has 0 bridgehead atoms. The SMILES string of the molecule is CC1(C)OB(C2CCN(C(=O)NCCc3cccc(C#N)c3)C2)OC1(C)C. The Morgan fingerprint density at radius 3 is 2.70 bits per heavy atom. The molecule has 1 N–H and O–H groups in total. The third-order valence-electron chi connectivity index (χ3n) is 5.91. The molecule has 2 saturated heterocycles. The molecule has 0 aliphatic carbocycles. The number of amides is 2. The summed E-state index contributed by atoms with van der Waals surface area (Å²) in [4.78, 5) is 14.3. The molecule has 3 rings (SSSR count). The monoisotopic (exact) mass is 369 g/mol. The summed E-state index contributed by atoms with van der Waals surface area (Å²) in [6.07, 6.45) is 1.59. The van der Waals surface area contributed by atoms with Gasteiger partial charge < -0.3 is 19.5 Å². The number of nitriles is 1. The fourth-order valence-corrected chi connectivity index (χ4v) is 3.50. The summed E-state index contributed by atoms with van der Waals surface area (Å²) in [5.74, 6) is 0.198. The van der Waals surface area contributed by atoms with Crippen LogP contribution in [0.4, 0.5) is 4.79 Å². The van der Waals surface area contributed by atoms with Crippen LogP contribution in [0.5, 0.6) is 0 Å². The summed E-state index contributed by atoms with van der Waals surface area (Å²) < 4.78 is 12.3. The number of carbonyl (C=O) groups is 1. The van der Waals surface area contributed by atoms with E-state index >= 15 is 0 Å². The molecule has 6 nitrogen and oxygen atoms in total. The fourth-order valence-electron chi connectivity index (χ4n) is 3.50. The molecular weight excluding hydrogens is 341 g/mol. The van der Waals surface area contributed by atoms with Crippen LogP contribution >= 0.6 is 0 Å². The smallest absolute Gasteiger partial charge is 0.403 e. The third kappa shape index (κ3) is 4.28. The Balaban J connectivity index is 1.46. The summed E-state index contributed by atoms with van der Waals surface area (Å²) in [6, 6.07) is 9.56. The van der Waals surface area contributed by atoms with Crippen molar-refractivity contribution in [2.75, 3.05) is 19.6 Å². The number of carbonyl (C=O) groups excluding carboxylic acids is 1. The molecule has 0 aromatic heterocycles. The van der Waals surface area contributed by atoms with E-state index in [0.717, 1.165) is 12.0 Å². The first-order chi connectivity index (χ1) is 12.7. The Labute approximate surface area is 162 Å². The first kappa shape index (κ1) is 19.7. The minimum atomic E-state index is -0.342. The molecule has 7 heteroatoms. The molecular formula is C20H28BN3O3. The average molecular weight is 369 g/mol. The summed E-state index contributed by atoms with van der Waals surface area (Å²) >= 11 is 0. The molecule has 0 saturated carbocycles. The van der Waals surface area contributed by atoms with Gasteiger partial charge in [0.15, 0.2) is 0 Å². The van der Waals surface area contributed by atoms with E-state index in [9.17, 15) is 4.79 Å². The van der Waals surface area contributed by atoms with Crippen LogP contribution < -0.4 is 5.32 Å². The average Bonchev–Trinajstić information content (AvgIpc) is 3.18. The van der Waals surface area contributed by atoms with E-state index in [1.54, 1.807) is 6.07 Å². The second-order valence-electron chi connectivity index (χ2n) is 8.41. The lowest BCUT2D eigenvalue weighted by Gasteiger charge is -2.32. The van der Waals surface area contributed by atoms with Gasteiger partial charge in [-0.2, -0.15) is 5.26 Å². The zero-order valence-electron chi connectivity index (χ0n) is 16.6. The van der Waals surface area contributed by atoms with Gasteiger partial charge in [0.2, 0.25) is 0 Å². The lowest BCUT2D eigenvalue weighted by Crippen LogP contribution is -2.41. The third-order valence-corrected chi connectivity index (χ3v) is 5.91. The van der Waals surface area contributed by atoms with Gasteiger partial charge in [-0.1, -0.05) is 12.1 Å². The van der Waals surface area contributed by atoms with Crippen molar-refractivity contribution >= 4 is 13.1 Å². The molecule has 2 aliphatic rings. The van der Waals surface area contributed by atoms with Crippen molar-refractivity contribution in [3.63, 3.8) is 0 Å². The quantitative estimate of drug-likeness (QED) is 0.828. The number of nitrogens with zero attached hydrogens (tertiary/aromatic N) is 2. The first-order valence-corrected chi connectivity index (χ1v) is 9.59. The van der Waals surface area contributed by atoms with E-state index in [-0.39, 0.29) is 30.2 Å². The molecule has 1 atom stereocenters. The van der Waals surface area contributed by atoms with Gasteiger partial charge in [-0.05, 0) is 58.2 Å². The molecule has 0 radical (unpaired) electrons. The van der Waals surface area contributed by atoms with E-state index in [0.29, 0.717) is 31.6 Å². The van der Waals surface area contributed by atoms with Crippen LogP contribution in [-0.2, 0) is 15.7 Å². The highest BCUT2D eigenvalue weighted by Crippen LogP contribution is 2.42. The van der Waals surface area contributed by atoms with E-state index in [1.165, 1.54) is 0 Å². The van der Waals surface area contributed by atoms with Gasteiger partial charge in [-0.25, -0.2) is 4.79 Å². The van der Waals surface area contributed by atoms with Gasteiger partial charge in [0, 0.05) is 25.5 Å². The van der Waals surface area contributed by atoms with Crippen LogP contribution in [0, 0.1) is 11.3 Å². The molecule has 2 amide bonds. The van der Waals surface area contributed by atoms with Crippen molar-refractivity contribution in [1.82, 2.24) is 10.2 Å². The molecule has 144 valence electrons. The number of nitrogens with one attached hydrogen (secondary N) is 1. The Morgan fingerprint density at radius 2 is 2.04 bits per heavy atom. The van der Waals surface area contributed by atoms with E-state index in [1.807, 2.05) is 50.8 Å². The summed E-state index contributed by atoms with van der Waals surface area (Å²) in [6.45, 7) is 10.1. The van der Waals surface area contributed by atoms with Crippen LogP contribution in [0.3, 0.4) is 0 Å². The minimum Gasteiger partial charge on any atom is -0.403 e. The maximum Gasteiger partial charge on any atom is 0.463 e. The van der Waals surface area contributed by atoms with Crippen LogP contribution in [0.2, 0.25) is 5.82 Å². The lowest BCUT2D eigenvalue weighted by molar-refractivity contribution is 0.00578. The van der Waals surface area contributed by atoms with Gasteiger partial charge in [-0.15, -0.1) is 0 Å². The topological polar surface area (TPSA) is 74.6 Å². The van der Waals surface area contributed by atoms with Crippen LogP contribution in [0.25, 0.3) is 0 Å². The molecule has 2 heterocycles. The van der Waals surface area contributed by atoms with Crippen molar-refractivity contribution in [1.29, 1.82) is 5.26 Å². The molecule has 1 aromatic carbocycles. The highest BCUT2D eigenvalue weighted by Gasteiger charge is 2.54. The zero-order valence-corrected chi connectivity index (χ0v) is 16.6. The van der Waals surface area contributed by atoms with Gasteiger partial charge in [0.1, 0.15) is 0 Å². The Bertz CT molecular complexity index is 728. The second-order valence-corrected chi connectivity index (χ2v) is 8.41. The van der Waals surface area contributed by atoms with Crippen molar-refractivity contribution in [3.8, 4) is 6.07 Å². The van der Waals surface area contributed by atoms with Crippen LogP contribution in [0.1, 0.15) is 45.2 Å². The standard InChI is InChI=1S/C20H28BN3O3/c1-19(2)20(3,4)27-21(26-19)17-9-11-24(14-17)18(25)23-10-8-15-6-5-7-16(12-15)13-22/h5-7,12,17H,8-11,14H2,1-4H3,(H,23,25). The first-order valence-electron chi connectivity index (χ1n) is 9.59. The number of hydrogen-bond donors (Lipinski definition) is 1. The minimum absolute atomic E-state index is 0.0505. The van der Waals surface area contributed by atoms with Crippen molar-refractivity contribution in [2.45, 2.75) is 57.6 Å². The summed E-state index contributed by atoms with van der Waals surface area (Å²) in [7, 11) is -0.262. The van der Waals surface area contributed by atoms with Gasteiger partial charge in [0.25, 0.3) is 0 Å². The number of rotatable bonds is 4. The van der Waals surface area contributed by atoms with Gasteiger partial charge in [-0.3, -0.25) is 0 Å². The molecule has 0 spiro atoms. The van der Waals surface area contributed by atoms with Crippen molar-refractivity contribution < 1.29 is 14.1 Å². The number of likely N-dealkylation sites (tertiary alicyclic amines) is 1. The van der Waals surface area contributed by atoms with E-state index in [2.05, 4.69) is 11.4 Å². The molecule has 2 fully saturated rings. The largest absolute Gasteiger partial charge is 0.463 e. The highest BCUT2D eigenvalue weighted by atomic mass is 16.7. The fraction of sp³-hybridized carbons (Fsp3) is 0.600. The Hall–Kier alpha value is -2.04. The van der Waals surface area contributed by atoms with Crippen molar-refractivity contribution in [2.24, 2.45) is 0 Å². The molecule has 1 aromatic rings. The van der Waals surface area contributed by atoms with Crippen LogP contribution in [-0.4, -0.2) is 48.9 Å². The number of urea groups is 1. The maximum atomic E-state index is 12.5. The Kier molecular flexibility index (Phi) is 5.50. The Morgan fingerprint density at radius 1 is 1.33 bits per heavy atom. The summed E-state index contributed by atoms with van der Waals surface area (Å²) in [5, 5.41) is 11.9. The van der Waals surface area contributed by atoms with Crippen LogP contribution in [0.15, 0.2) is 24.3 Å². The predicted octanol–water partition coefficient (Wildman–Crippen LogP) is 2.98. The predicted molar refractivity (Wildman–Crippen MR) is 104 cm³/mol. The maximum absolute atomic E-state index is 12.5. The molecule has 27 heavy (non-hydrogen) atoms. The van der Waals surface area contributed by atoms with Gasteiger partial charge in [0.05, 0.1) is 22.8 Å². The molecule has 2 aliphatic heterocycles. The van der Waals surface area contributed by atoms with E-state index < -0.39 is 0 Å². The summed E-state index contributed by atoms with van der Waals surface area (Å²) in [5.41, 5.74) is 1.01. The van der Waals surface area contributed by atoms with Crippen molar-refractivity contribution in [3.05, 3.63) is 35.4 Å². The highest BCUT2D eigenvalue weighted by molar-refractivity contribution is 6.47. The van der Waals surface area contributed by atoms with Gasteiger partial charge >= 0.3 is 13.1 Å². The lowest BCUT2D eigenvalue weighted by atomic mass is 9.71. The number of benzene rings is 1.